The van der Waals surface area contributed by atoms with Gasteiger partial charge in [0.05, 0.1) is 0 Å². The third-order valence-electron chi connectivity index (χ3n) is 5.29. The van der Waals surface area contributed by atoms with Gasteiger partial charge in [-0.1, -0.05) is 0 Å². The molecule has 4 heteroatoms. The van der Waals surface area contributed by atoms with Crippen molar-refractivity contribution in [2.75, 3.05) is 11.1 Å². The molecule has 5 rings (SSSR count). The van der Waals surface area contributed by atoms with E-state index in [1.807, 2.05) is 13.0 Å². The summed E-state index contributed by atoms with van der Waals surface area (Å²) in [5.41, 5.74) is 7.04. The molecule has 4 nitrogen and oxygen atoms in total. The van der Waals surface area contributed by atoms with Gasteiger partial charge < -0.3 is 11.1 Å². The predicted octanol–water partition coefficient (Wildman–Crippen LogP) is 2.75. The number of hydrogen-bond donors (Lipinski definition) is 2. The van der Waals surface area contributed by atoms with E-state index in [4.69, 9.17) is 5.73 Å². The van der Waals surface area contributed by atoms with Gasteiger partial charge in [-0.3, -0.25) is 0 Å². The van der Waals surface area contributed by atoms with Crippen molar-refractivity contribution >= 4 is 11.8 Å². The summed E-state index contributed by atoms with van der Waals surface area (Å²) in [6, 6.07) is 1.82. The van der Waals surface area contributed by atoms with E-state index in [0.717, 1.165) is 29.4 Å². The first-order valence-electron chi connectivity index (χ1n) is 7.50. The minimum Gasteiger partial charge on any atom is -0.384 e. The molecule has 4 saturated carbocycles. The average molecular weight is 258 g/mol. The average Bonchev–Trinajstić information content (AvgIpc) is 2.23. The first kappa shape index (κ1) is 11.5. The molecule has 4 bridgehead atoms. The summed E-state index contributed by atoms with van der Waals surface area (Å²) in [6.07, 6.45) is 8.27. The van der Waals surface area contributed by atoms with E-state index in [1.54, 1.807) is 0 Å². The molecule has 4 aliphatic carbocycles. The van der Waals surface area contributed by atoms with E-state index in [9.17, 15) is 0 Å². The van der Waals surface area contributed by atoms with Crippen LogP contribution in [0.4, 0.5) is 11.8 Å². The summed E-state index contributed by atoms with van der Waals surface area (Å²) < 4.78 is 0. The Morgan fingerprint density at radius 2 is 1.68 bits per heavy atom. The second-order valence-electron chi connectivity index (χ2n) is 7.08. The van der Waals surface area contributed by atoms with Gasteiger partial charge in [-0.2, -0.15) is 4.98 Å². The molecular formula is C15H22N4. The number of nitrogen functional groups attached to an aromatic ring is 1. The SMILES string of the molecule is Cc1cc(N)nc(NC23CC4CC(CC(C4)C2)C3)n1. The Labute approximate surface area is 114 Å². The minimum atomic E-state index is 0.259. The van der Waals surface area contributed by atoms with Crippen LogP contribution >= 0.6 is 0 Å². The fourth-order valence-corrected chi connectivity index (χ4v) is 5.15. The molecule has 0 atom stereocenters. The molecule has 0 aromatic carbocycles. The molecule has 1 aromatic rings. The standard InChI is InChI=1S/C15H22N4/c1-9-2-13(16)18-14(17-9)19-15-6-10-3-11(7-15)5-12(4-10)8-15/h2,10-12H,3-8H2,1H3,(H3,16,17,18,19). The van der Waals surface area contributed by atoms with E-state index < -0.39 is 0 Å². The minimum absolute atomic E-state index is 0.259. The van der Waals surface area contributed by atoms with E-state index >= 15 is 0 Å². The topological polar surface area (TPSA) is 63.8 Å². The van der Waals surface area contributed by atoms with Crippen molar-refractivity contribution in [2.24, 2.45) is 17.8 Å². The number of nitrogens with one attached hydrogen (secondary N) is 1. The molecule has 0 aliphatic heterocycles. The smallest absolute Gasteiger partial charge is 0.225 e. The molecule has 0 unspecified atom stereocenters. The van der Waals surface area contributed by atoms with Gasteiger partial charge in [-0.05, 0) is 63.2 Å². The monoisotopic (exact) mass is 258 g/mol. The number of aryl methyl sites for hydroxylation is 1. The fourth-order valence-electron chi connectivity index (χ4n) is 5.15. The fraction of sp³-hybridized carbons (Fsp3) is 0.733. The van der Waals surface area contributed by atoms with E-state index in [-0.39, 0.29) is 5.54 Å². The highest BCUT2D eigenvalue weighted by Crippen LogP contribution is 2.56. The molecule has 102 valence electrons. The Morgan fingerprint density at radius 3 is 2.21 bits per heavy atom. The zero-order chi connectivity index (χ0) is 13.0. The van der Waals surface area contributed by atoms with E-state index in [1.165, 1.54) is 38.5 Å². The van der Waals surface area contributed by atoms with Crippen molar-refractivity contribution in [1.82, 2.24) is 9.97 Å². The first-order valence-corrected chi connectivity index (χ1v) is 7.50. The highest BCUT2D eigenvalue weighted by molar-refractivity contribution is 5.40. The van der Waals surface area contributed by atoms with Crippen LogP contribution in [0.15, 0.2) is 6.07 Å². The molecule has 1 aromatic heterocycles. The van der Waals surface area contributed by atoms with E-state index in [2.05, 4.69) is 15.3 Å². The van der Waals surface area contributed by atoms with E-state index in [0.29, 0.717) is 5.82 Å². The normalized spacial score (nSPS) is 39.5. The number of rotatable bonds is 2. The summed E-state index contributed by atoms with van der Waals surface area (Å²) in [6.45, 7) is 1.98. The zero-order valence-corrected chi connectivity index (χ0v) is 11.5. The van der Waals surface area contributed by atoms with Gasteiger partial charge in [-0.15, -0.1) is 0 Å². The van der Waals surface area contributed by atoms with Crippen LogP contribution in [0.5, 0.6) is 0 Å². The zero-order valence-electron chi connectivity index (χ0n) is 11.5. The number of nitrogens with zero attached hydrogens (tertiary/aromatic N) is 2. The van der Waals surface area contributed by atoms with Crippen LogP contribution in [0.3, 0.4) is 0 Å². The molecule has 0 amide bonds. The predicted molar refractivity (Wildman–Crippen MR) is 75.7 cm³/mol. The van der Waals surface area contributed by atoms with Crippen LogP contribution in [0.2, 0.25) is 0 Å². The molecule has 0 spiro atoms. The lowest BCUT2D eigenvalue weighted by atomic mass is 9.53. The lowest BCUT2D eigenvalue weighted by Gasteiger charge is -2.56. The Balaban J connectivity index is 1.62. The molecule has 3 N–H and O–H groups in total. The van der Waals surface area contributed by atoms with Crippen molar-refractivity contribution in [3.05, 3.63) is 11.8 Å². The van der Waals surface area contributed by atoms with Gasteiger partial charge in [0.15, 0.2) is 0 Å². The third kappa shape index (κ3) is 1.97. The second-order valence-corrected chi connectivity index (χ2v) is 7.08. The van der Waals surface area contributed by atoms with Gasteiger partial charge in [0.25, 0.3) is 0 Å². The van der Waals surface area contributed by atoms with Crippen LogP contribution in [-0.4, -0.2) is 15.5 Å². The summed E-state index contributed by atoms with van der Waals surface area (Å²) in [7, 11) is 0. The lowest BCUT2D eigenvalue weighted by molar-refractivity contribution is 0.0103. The first-order chi connectivity index (χ1) is 9.10. The largest absolute Gasteiger partial charge is 0.384 e. The Bertz CT molecular complexity index is 455. The Kier molecular flexibility index (Phi) is 2.32. The lowest BCUT2D eigenvalue weighted by Crippen LogP contribution is -2.55. The van der Waals surface area contributed by atoms with Gasteiger partial charge in [-0.25, -0.2) is 4.98 Å². The van der Waals surface area contributed by atoms with Crippen LogP contribution in [-0.2, 0) is 0 Å². The maximum atomic E-state index is 5.84. The molecule has 4 aliphatic rings. The van der Waals surface area contributed by atoms with Crippen molar-refractivity contribution in [3.63, 3.8) is 0 Å². The van der Waals surface area contributed by atoms with Crippen LogP contribution < -0.4 is 11.1 Å². The maximum absolute atomic E-state index is 5.84. The number of hydrogen-bond acceptors (Lipinski definition) is 4. The van der Waals surface area contributed by atoms with Crippen LogP contribution in [0, 0.1) is 24.7 Å². The van der Waals surface area contributed by atoms with Gasteiger partial charge in [0.2, 0.25) is 5.95 Å². The van der Waals surface area contributed by atoms with Crippen molar-refractivity contribution < 1.29 is 0 Å². The van der Waals surface area contributed by atoms with Crippen molar-refractivity contribution in [2.45, 2.75) is 51.0 Å². The Morgan fingerprint density at radius 1 is 1.11 bits per heavy atom. The molecular weight excluding hydrogens is 236 g/mol. The number of aromatic nitrogens is 2. The molecule has 19 heavy (non-hydrogen) atoms. The van der Waals surface area contributed by atoms with Crippen LogP contribution in [0.25, 0.3) is 0 Å². The number of nitrogens with two attached hydrogens (primary N) is 1. The third-order valence-corrected chi connectivity index (χ3v) is 5.29. The highest BCUT2D eigenvalue weighted by atomic mass is 15.2. The molecule has 1 heterocycles. The summed E-state index contributed by atoms with van der Waals surface area (Å²) in [4.78, 5) is 8.87. The van der Waals surface area contributed by atoms with Gasteiger partial charge >= 0.3 is 0 Å². The second kappa shape index (κ2) is 3.84. The van der Waals surface area contributed by atoms with Crippen molar-refractivity contribution in [1.29, 1.82) is 0 Å². The highest BCUT2D eigenvalue weighted by Gasteiger charge is 2.51. The van der Waals surface area contributed by atoms with Crippen LogP contribution in [0.1, 0.15) is 44.2 Å². The number of anilines is 2. The summed E-state index contributed by atoms with van der Waals surface area (Å²) in [5, 5.41) is 3.67. The summed E-state index contributed by atoms with van der Waals surface area (Å²) in [5.74, 6) is 4.10. The summed E-state index contributed by atoms with van der Waals surface area (Å²) >= 11 is 0. The maximum Gasteiger partial charge on any atom is 0.225 e. The molecule has 0 radical (unpaired) electrons. The van der Waals surface area contributed by atoms with Crippen molar-refractivity contribution in [3.8, 4) is 0 Å². The molecule has 0 saturated heterocycles. The Hall–Kier alpha value is -1.32. The van der Waals surface area contributed by atoms with Gasteiger partial charge in [0.1, 0.15) is 5.82 Å². The van der Waals surface area contributed by atoms with Gasteiger partial charge in [0, 0.05) is 17.3 Å². The quantitative estimate of drug-likeness (QED) is 0.856. The molecule has 4 fully saturated rings.